The first-order valence-corrected chi connectivity index (χ1v) is 6.79. The summed E-state index contributed by atoms with van der Waals surface area (Å²) >= 11 is 6.02. The van der Waals surface area contributed by atoms with Crippen molar-refractivity contribution in [2.45, 2.75) is 26.2 Å². The third kappa shape index (κ3) is 5.01. The number of hydrogen-bond acceptors (Lipinski definition) is 2. The minimum atomic E-state index is 0. The average Bonchev–Trinajstić information content (AvgIpc) is 2.84. The van der Waals surface area contributed by atoms with Gasteiger partial charge in [-0.05, 0) is 56.5 Å². The van der Waals surface area contributed by atoms with E-state index in [-0.39, 0.29) is 18.3 Å². The van der Waals surface area contributed by atoms with E-state index in [0.717, 1.165) is 30.8 Å². The van der Waals surface area contributed by atoms with Crippen molar-refractivity contribution in [1.82, 2.24) is 5.32 Å². The van der Waals surface area contributed by atoms with Crippen LogP contribution in [0.15, 0.2) is 18.2 Å². The highest BCUT2D eigenvalue weighted by molar-refractivity contribution is 6.31. The van der Waals surface area contributed by atoms with Crippen LogP contribution in [0.2, 0.25) is 5.02 Å². The number of benzene rings is 1. The molecule has 1 saturated heterocycles. The molecule has 106 valence electrons. The number of carbonyl (C=O) groups excluding carboxylic acids is 1. The quantitative estimate of drug-likeness (QED) is 0.895. The molecule has 1 amide bonds. The Morgan fingerprint density at radius 3 is 2.95 bits per heavy atom. The third-order valence-electron chi connectivity index (χ3n) is 3.40. The number of hydrogen-bond donors (Lipinski definition) is 2. The van der Waals surface area contributed by atoms with Crippen LogP contribution in [0.25, 0.3) is 0 Å². The van der Waals surface area contributed by atoms with E-state index in [4.69, 9.17) is 11.6 Å². The number of carbonyl (C=O) groups is 1. The Morgan fingerprint density at radius 2 is 2.32 bits per heavy atom. The zero-order valence-corrected chi connectivity index (χ0v) is 12.6. The Morgan fingerprint density at radius 1 is 1.53 bits per heavy atom. The van der Waals surface area contributed by atoms with Crippen LogP contribution < -0.4 is 10.6 Å². The van der Waals surface area contributed by atoms with Crippen molar-refractivity contribution < 1.29 is 4.79 Å². The largest absolute Gasteiger partial charge is 0.326 e. The maximum absolute atomic E-state index is 11.8. The van der Waals surface area contributed by atoms with Crippen molar-refractivity contribution in [3.63, 3.8) is 0 Å². The lowest BCUT2D eigenvalue weighted by Gasteiger charge is -2.09. The van der Waals surface area contributed by atoms with Crippen molar-refractivity contribution in [2.75, 3.05) is 18.4 Å². The van der Waals surface area contributed by atoms with Crippen molar-refractivity contribution in [3.8, 4) is 0 Å². The summed E-state index contributed by atoms with van der Waals surface area (Å²) in [5.74, 6) is 0.721. The molecule has 1 unspecified atom stereocenters. The number of aryl methyl sites for hydroxylation is 1. The molecule has 0 spiro atoms. The molecule has 0 aromatic heterocycles. The molecule has 0 aliphatic carbocycles. The van der Waals surface area contributed by atoms with E-state index >= 15 is 0 Å². The predicted molar refractivity (Wildman–Crippen MR) is 82.3 cm³/mol. The second-order valence-corrected chi connectivity index (χ2v) is 5.32. The Balaban J connectivity index is 0.00000180. The highest BCUT2D eigenvalue weighted by Gasteiger charge is 2.15. The van der Waals surface area contributed by atoms with Crippen LogP contribution in [-0.2, 0) is 4.79 Å². The summed E-state index contributed by atoms with van der Waals surface area (Å²) in [4.78, 5) is 11.8. The van der Waals surface area contributed by atoms with E-state index in [9.17, 15) is 4.79 Å². The SMILES string of the molecule is Cc1ccc(NC(=O)CCC2CCNC2)cc1Cl.Cl. The van der Waals surface area contributed by atoms with Crippen LogP contribution >= 0.6 is 24.0 Å². The van der Waals surface area contributed by atoms with Gasteiger partial charge in [0.1, 0.15) is 0 Å². The Hall–Kier alpha value is -0.770. The number of anilines is 1. The molecule has 1 aromatic rings. The number of nitrogens with one attached hydrogen (secondary N) is 2. The minimum Gasteiger partial charge on any atom is -0.326 e. The molecule has 0 radical (unpaired) electrons. The fourth-order valence-electron chi connectivity index (χ4n) is 2.19. The van der Waals surface area contributed by atoms with Crippen LogP contribution in [0, 0.1) is 12.8 Å². The van der Waals surface area contributed by atoms with Gasteiger partial charge in [0.05, 0.1) is 0 Å². The molecule has 1 aliphatic heterocycles. The molecule has 0 bridgehead atoms. The minimum absolute atomic E-state index is 0. The van der Waals surface area contributed by atoms with Crippen molar-refractivity contribution in [2.24, 2.45) is 5.92 Å². The summed E-state index contributed by atoms with van der Waals surface area (Å²) in [5, 5.41) is 6.89. The van der Waals surface area contributed by atoms with E-state index in [1.807, 2.05) is 19.1 Å². The zero-order valence-electron chi connectivity index (χ0n) is 11.0. The highest BCUT2D eigenvalue weighted by atomic mass is 35.5. The maximum Gasteiger partial charge on any atom is 0.224 e. The lowest BCUT2D eigenvalue weighted by Crippen LogP contribution is -2.15. The maximum atomic E-state index is 11.8. The summed E-state index contributed by atoms with van der Waals surface area (Å²) < 4.78 is 0. The van der Waals surface area contributed by atoms with Gasteiger partial charge in [-0.1, -0.05) is 17.7 Å². The first kappa shape index (κ1) is 16.3. The van der Waals surface area contributed by atoms with Crippen molar-refractivity contribution in [1.29, 1.82) is 0 Å². The van der Waals surface area contributed by atoms with Crippen molar-refractivity contribution >= 4 is 35.6 Å². The van der Waals surface area contributed by atoms with Crippen LogP contribution in [0.5, 0.6) is 0 Å². The third-order valence-corrected chi connectivity index (χ3v) is 3.80. The van der Waals surface area contributed by atoms with Gasteiger partial charge in [-0.15, -0.1) is 12.4 Å². The molecule has 19 heavy (non-hydrogen) atoms. The second kappa shape index (κ2) is 7.73. The summed E-state index contributed by atoms with van der Waals surface area (Å²) in [6.45, 7) is 4.07. The van der Waals surface area contributed by atoms with E-state index in [0.29, 0.717) is 17.4 Å². The molecular weight excluding hydrogens is 283 g/mol. The number of rotatable bonds is 4. The van der Waals surface area contributed by atoms with Crippen molar-refractivity contribution in [3.05, 3.63) is 28.8 Å². The molecule has 1 aliphatic rings. The smallest absolute Gasteiger partial charge is 0.224 e. The summed E-state index contributed by atoms with van der Waals surface area (Å²) in [6, 6.07) is 5.60. The second-order valence-electron chi connectivity index (χ2n) is 4.91. The summed E-state index contributed by atoms with van der Waals surface area (Å²) in [7, 11) is 0. The van der Waals surface area contributed by atoms with Gasteiger partial charge < -0.3 is 10.6 Å². The van der Waals surface area contributed by atoms with Crippen LogP contribution in [-0.4, -0.2) is 19.0 Å². The van der Waals surface area contributed by atoms with Gasteiger partial charge in [0.25, 0.3) is 0 Å². The number of halogens is 2. The summed E-state index contributed by atoms with van der Waals surface area (Å²) in [5.41, 5.74) is 1.80. The van der Waals surface area contributed by atoms with Gasteiger partial charge in [0.2, 0.25) is 5.91 Å². The number of amides is 1. The van der Waals surface area contributed by atoms with Crippen LogP contribution in [0.1, 0.15) is 24.8 Å². The normalized spacial score (nSPS) is 17.9. The first-order chi connectivity index (χ1) is 8.65. The lowest BCUT2D eigenvalue weighted by atomic mass is 10.0. The fraction of sp³-hybridized carbons (Fsp3) is 0.500. The summed E-state index contributed by atoms with van der Waals surface area (Å²) in [6.07, 6.45) is 2.72. The topological polar surface area (TPSA) is 41.1 Å². The molecule has 1 atom stereocenters. The van der Waals surface area contributed by atoms with E-state index in [2.05, 4.69) is 10.6 Å². The molecule has 1 heterocycles. The molecule has 1 fully saturated rings. The molecule has 2 N–H and O–H groups in total. The van der Waals surface area contributed by atoms with Gasteiger partial charge in [-0.2, -0.15) is 0 Å². The standard InChI is InChI=1S/C14H19ClN2O.ClH/c1-10-2-4-12(8-13(10)15)17-14(18)5-3-11-6-7-16-9-11;/h2,4,8,11,16H,3,5-7,9H2,1H3,(H,17,18);1H. The Kier molecular flexibility index (Phi) is 6.63. The molecular formula is C14H20Cl2N2O. The van der Waals surface area contributed by atoms with E-state index in [1.165, 1.54) is 6.42 Å². The van der Waals surface area contributed by atoms with E-state index < -0.39 is 0 Å². The van der Waals surface area contributed by atoms with Gasteiger partial charge in [0, 0.05) is 17.1 Å². The predicted octanol–water partition coefficient (Wildman–Crippen LogP) is 3.40. The zero-order chi connectivity index (χ0) is 13.0. The molecule has 5 heteroatoms. The molecule has 1 aromatic carbocycles. The first-order valence-electron chi connectivity index (χ1n) is 6.42. The van der Waals surface area contributed by atoms with Crippen LogP contribution in [0.3, 0.4) is 0 Å². The lowest BCUT2D eigenvalue weighted by molar-refractivity contribution is -0.116. The van der Waals surface area contributed by atoms with Gasteiger partial charge in [0.15, 0.2) is 0 Å². The van der Waals surface area contributed by atoms with Crippen LogP contribution in [0.4, 0.5) is 5.69 Å². The molecule has 0 saturated carbocycles. The van der Waals surface area contributed by atoms with E-state index in [1.54, 1.807) is 6.07 Å². The van der Waals surface area contributed by atoms with Gasteiger partial charge in [-0.3, -0.25) is 4.79 Å². The Bertz CT molecular complexity index is 431. The monoisotopic (exact) mass is 302 g/mol. The fourth-order valence-corrected chi connectivity index (χ4v) is 2.37. The average molecular weight is 303 g/mol. The van der Waals surface area contributed by atoms with Gasteiger partial charge >= 0.3 is 0 Å². The highest BCUT2D eigenvalue weighted by Crippen LogP contribution is 2.20. The Labute approximate surface area is 125 Å². The molecule has 3 nitrogen and oxygen atoms in total. The van der Waals surface area contributed by atoms with Gasteiger partial charge in [-0.25, -0.2) is 0 Å². The molecule has 2 rings (SSSR count).